The van der Waals surface area contributed by atoms with Gasteiger partial charge in [-0.2, -0.15) is 0 Å². The van der Waals surface area contributed by atoms with Crippen LogP contribution in [0, 0.1) is 12.3 Å². The van der Waals surface area contributed by atoms with Crippen LogP contribution in [0.5, 0.6) is 0 Å². The third-order valence-electron chi connectivity index (χ3n) is 1.28. The maximum atomic E-state index is 10.2. The maximum Gasteiger partial charge on any atom is 0.150 e. The molecule has 0 aliphatic carbocycles. The van der Waals surface area contributed by atoms with Crippen LogP contribution >= 0.6 is 11.6 Å². The largest absolute Gasteiger partial charge is 0.298 e. The molecule has 1 aromatic carbocycles. The molecule has 2 heteroatoms. The van der Waals surface area contributed by atoms with Gasteiger partial charge in [-0.25, -0.2) is 0 Å². The van der Waals surface area contributed by atoms with Crippen LogP contribution in [0.15, 0.2) is 18.2 Å². The Balaban J connectivity index is 3.22. The smallest absolute Gasteiger partial charge is 0.150 e. The zero-order valence-corrected chi connectivity index (χ0v) is 6.43. The summed E-state index contributed by atoms with van der Waals surface area (Å²) in [5.74, 6) is 2.40. The molecule has 0 aliphatic rings. The Kier molecular flexibility index (Phi) is 2.30. The van der Waals surface area contributed by atoms with Crippen LogP contribution in [0.4, 0.5) is 0 Å². The number of benzene rings is 1. The molecule has 0 atom stereocenters. The van der Waals surface area contributed by atoms with E-state index in [4.69, 9.17) is 18.0 Å². The van der Waals surface area contributed by atoms with Crippen molar-refractivity contribution in [2.24, 2.45) is 0 Å². The lowest BCUT2D eigenvalue weighted by molar-refractivity contribution is 0.112. The monoisotopic (exact) mass is 164 g/mol. The van der Waals surface area contributed by atoms with E-state index in [1.165, 1.54) is 0 Å². The summed E-state index contributed by atoms with van der Waals surface area (Å²) < 4.78 is 0. The second kappa shape index (κ2) is 3.23. The molecule has 54 valence electrons. The van der Waals surface area contributed by atoms with E-state index >= 15 is 0 Å². The SMILES string of the molecule is C#Cc1ccc(C=O)cc1Cl. The first-order valence-corrected chi connectivity index (χ1v) is 3.37. The zero-order valence-electron chi connectivity index (χ0n) is 5.67. The Morgan fingerprint density at radius 1 is 1.55 bits per heavy atom. The van der Waals surface area contributed by atoms with Gasteiger partial charge in [-0.3, -0.25) is 4.79 Å². The van der Waals surface area contributed by atoms with Crippen molar-refractivity contribution in [2.75, 3.05) is 0 Å². The van der Waals surface area contributed by atoms with Crippen LogP contribution in [0.1, 0.15) is 15.9 Å². The minimum atomic E-state index is 0.442. The number of hydrogen-bond acceptors (Lipinski definition) is 1. The van der Waals surface area contributed by atoms with E-state index in [9.17, 15) is 4.79 Å². The van der Waals surface area contributed by atoms with E-state index < -0.39 is 0 Å². The van der Waals surface area contributed by atoms with Crippen LogP contribution in [0.2, 0.25) is 5.02 Å². The molecular formula is C9H5ClO. The molecule has 0 aliphatic heterocycles. The van der Waals surface area contributed by atoms with Crippen molar-refractivity contribution in [3.63, 3.8) is 0 Å². The number of terminal acetylenes is 1. The molecule has 0 radical (unpaired) electrons. The van der Waals surface area contributed by atoms with Crippen molar-refractivity contribution >= 4 is 17.9 Å². The molecule has 0 fully saturated rings. The van der Waals surface area contributed by atoms with Gasteiger partial charge in [0.15, 0.2) is 0 Å². The average molecular weight is 165 g/mol. The van der Waals surface area contributed by atoms with E-state index in [1.54, 1.807) is 18.2 Å². The molecule has 1 aromatic rings. The molecule has 0 saturated carbocycles. The number of rotatable bonds is 1. The molecule has 1 nitrogen and oxygen atoms in total. The first-order chi connectivity index (χ1) is 5.27. The van der Waals surface area contributed by atoms with Crippen LogP contribution in [-0.4, -0.2) is 6.29 Å². The molecule has 0 saturated heterocycles. The van der Waals surface area contributed by atoms with Crippen molar-refractivity contribution in [1.29, 1.82) is 0 Å². The first-order valence-electron chi connectivity index (χ1n) is 2.99. The van der Waals surface area contributed by atoms with Crippen LogP contribution in [-0.2, 0) is 0 Å². The highest BCUT2D eigenvalue weighted by Crippen LogP contribution is 2.15. The lowest BCUT2D eigenvalue weighted by Crippen LogP contribution is -1.81. The van der Waals surface area contributed by atoms with Crippen molar-refractivity contribution < 1.29 is 4.79 Å². The fourth-order valence-electron chi connectivity index (χ4n) is 0.722. The van der Waals surface area contributed by atoms with E-state index in [1.807, 2.05) is 0 Å². The molecule has 0 bridgehead atoms. The predicted octanol–water partition coefficient (Wildman–Crippen LogP) is 2.13. The Morgan fingerprint density at radius 3 is 2.73 bits per heavy atom. The summed E-state index contributed by atoms with van der Waals surface area (Å²) in [6.45, 7) is 0. The summed E-state index contributed by atoms with van der Waals surface area (Å²) >= 11 is 5.71. The van der Waals surface area contributed by atoms with Crippen molar-refractivity contribution in [1.82, 2.24) is 0 Å². The van der Waals surface area contributed by atoms with Gasteiger partial charge in [0, 0.05) is 11.1 Å². The standard InChI is InChI=1S/C9H5ClO/c1-2-8-4-3-7(6-11)5-9(8)10/h1,3-6H. The number of carbonyl (C=O) groups excluding carboxylic acids is 1. The normalized spacial score (nSPS) is 8.73. The van der Waals surface area contributed by atoms with Gasteiger partial charge in [0.05, 0.1) is 5.02 Å². The fraction of sp³-hybridized carbons (Fsp3) is 0. The third-order valence-corrected chi connectivity index (χ3v) is 1.60. The summed E-state index contributed by atoms with van der Waals surface area (Å²) in [4.78, 5) is 10.2. The van der Waals surface area contributed by atoms with Gasteiger partial charge < -0.3 is 0 Å². The van der Waals surface area contributed by atoms with Crippen LogP contribution < -0.4 is 0 Å². The van der Waals surface area contributed by atoms with Gasteiger partial charge in [0.2, 0.25) is 0 Å². The molecule has 0 aromatic heterocycles. The Labute approximate surface area is 70.0 Å². The lowest BCUT2D eigenvalue weighted by atomic mass is 10.1. The summed E-state index contributed by atoms with van der Waals surface area (Å²) in [6.07, 6.45) is 5.85. The minimum absolute atomic E-state index is 0.442. The summed E-state index contributed by atoms with van der Waals surface area (Å²) in [7, 11) is 0. The highest BCUT2D eigenvalue weighted by Gasteiger charge is 1.96. The molecule has 0 N–H and O–H groups in total. The third kappa shape index (κ3) is 1.60. The highest BCUT2D eigenvalue weighted by atomic mass is 35.5. The molecule has 11 heavy (non-hydrogen) atoms. The quantitative estimate of drug-likeness (QED) is 0.459. The Morgan fingerprint density at radius 2 is 2.27 bits per heavy atom. The molecule has 0 spiro atoms. The number of hydrogen-bond donors (Lipinski definition) is 0. The van der Waals surface area contributed by atoms with E-state index in [-0.39, 0.29) is 0 Å². The van der Waals surface area contributed by atoms with E-state index in [0.29, 0.717) is 16.1 Å². The van der Waals surface area contributed by atoms with Crippen LogP contribution in [0.25, 0.3) is 0 Å². The number of halogens is 1. The molecule has 0 amide bonds. The predicted molar refractivity (Wildman–Crippen MR) is 44.8 cm³/mol. The van der Waals surface area contributed by atoms with Gasteiger partial charge in [-0.05, 0) is 12.1 Å². The van der Waals surface area contributed by atoms with Gasteiger partial charge >= 0.3 is 0 Å². The molecule has 0 heterocycles. The summed E-state index contributed by atoms with van der Waals surface area (Å²) in [5, 5.41) is 0.442. The number of carbonyl (C=O) groups is 1. The topological polar surface area (TPSA) is 17.1 Å². The van der Waals surface area contributed by atoms with E-state index in [2.05, 4.69) is 5.92 Å². The van der Waals surface area contributed by atoms with Crippen molar-refractivity contribution in [3.8, 4) is 12.3 Å². The van der Waals surface area contributed by atoms with Gasteiger partial charge in [-0.1, -0.05) is 23.6 Å². The van der Waals surface area contributed by atoms with Crippen molar-refractivity contribution in [3.05, 3.63) is 34.3 Å². The van der Waals surface area contributed by atoms with Crippen molar-refractivity contribution in [2.45, 2.75) is 0 Å². The summed E-state index contributed by atoms with van der Waals surface area (Å²) in [6, 6.07) is 4.82. The lowest BCUT2D eigenvalue weighted by Gasteiger charge is -1.95. The van der Waals surface area contributed by atoms with Crippen LogP contribution in [0.3, 0.4) is 0 Å². The average Bonchev–Trinajstić information content (AvgIpc) is 2.04. The zero-order chi connectivity index (χ0) is 8.27. The minimum Gasteiger partial charge on any atom is -0.298 e. The number of aldehydes is 1. The maximum absolute atomic E-state index is 10.2. The molecule has 1 rings (SSSR count). The first kappa shape index (κ1) is 7.84. The second-order valence-electron chi connectivity index (χ2n) is 2.00. The van der Waals surface area contributed by atoms with Gasteiger partial charge in [-0.15, -0.1) is 6.42 Å². The Bertz CT molecular complexity index is 323. The molecule has 0 unspecified atom stereocenters. The summed E-state index contributed by atoms with van der Waals surface area (Å²) in [5.41, 5.74) is 1.14. The van der Waals surface area contributed by atoms with E-state index in [0.717, 1.165) is 6.29 Å². The fourth-order valence-corrected chi connectivity index (χ4v) is 0.965. The highest BCUT2D eigenvalue weighted by molar-refractivity contribution is 6.32. The Hall–Kier alpha value is -1.26. The van der Waals surface area contributed by atoms with Gasteiger partial charge in [0.1, 0.15) is 6.29 Å². The second-order valence-corrected chi connectivity index (χ2v) is 2.41. The molecular weight excluding hydrogens is 160 g/mol. The van der Waals surface area contributed by atoms with Gasteiger partial charge in [0.25, 0.3) is 0 Å².